The van der Waals surface area contributed by atoms with Gasteiger partial charge in [0.25, 0.3) is 0 Å². The van der Waals surface area contributed by atoms with E-state index in [0.29, 0.717) is 12.2 Å². The van der Waals surface area contributed by atoms with E-state index >= 15 is 0 Å². The number of esters is 1. The molecule has 0 saturated heterocycles. The highest BCUT2D eigenvalue weighted by atomic mass is 16.5. The van der Waals surface area contributed by atoms with E-state index < -0.39 is 6.10 Å². The Labute approximate surface area is 79.4 Å². The van der Waals surface area contributed by atoms with Crippen molar-refractivity contribution in [3.05, 3.63) is 11.6 Å². The molecule has 1 atom stereocenters. The Kier molecular flexibility index (Phi) is 6.24. The maximum absolute atomic E-state index is 11.2. The molecular weight excluding hydrogens is 168 g/mol. The highest BCUT2D eigenvalue weighted by Crippen LogP contribution is 2.00. The zero-order chi connectivity index (χ0) is 10.3. The molecule has 0 rings (SSSR count). The number of ether oxygens (including phenoxy) is 1. The van der Waals surface area contributed by atoms with Gasteiger partial charge in [0.1, 0.15) is 0 Å². The van der Waals surface area contributed by atoms with Gasteiger partial charge >= 0.3 is 5.97 Å². The zero-order valence-corrected chi connectivity index (χ0v) is 8.54. The number of hydrogen-bond acceptors (Lipinski definition) is 3. The molecule has 0 radical (unpaired) electrons. The van der Waals surface area contributed by atoms with Crippen molar-refractivity contribution in [1.29, 1.82) is 0 Å². The number of carbonyl (C=O) groups is 1. The highest BCUT2D eigenvalue weighted by Gasteiger charge is 2.05. The Morgan fingerprint density at radius 3 is 2.69 bits per heavy atom. The van der Waals surface area contributed by atoms with E-state index in [2.05, 4.69) is 0 Å². The van der Waals surface area contributed by atoms with Crippen molar-refractivity contribution in [2.45, 2.75) is 39.7 Å². The first kappa shape index (κ1) is 12.2. The summed E-state index contributed by atoms with van der Waals surface area (Å²) in [5.41, 5.74) is 0.464. The van der Waals surface area contributed by atoms with Crippen molar-refractivity contribution < 1.29 is 14.6 Å². The normalized spacial score (nSPS) is 14.0. The lowest BCUT2D eigenvalue weighted by molar-refractivity contribution is -0.139. The van der Waals surface area contributed by atoms with Gasteiger partial charge in [-0.1, -0.05) is 13.3 Å². The Bertz CT molecular complexity index is 183. The number of aliphatic hydroxyl groups is 1. The Balaban J connectivity index is 3.83. The molecule has 3 heteroatoms. The second-order valence-corrected chi connectivity index (χ2v) is 3.08. The standard InChI is InChI=1S/C10H18O3/c1-4-5-6-13-10(12)8(2)7-9(3)11/h7,9,11H,4-6H2,1-3H3. The van der Waals surface area contributed by atoms with Crippen LogP contribution in [0.15, 0.2) is 11.6 Å². The third kappa shape index (κ3) is 6.34. The van der Waals surface area contributed by atoms with Crippen LogP contribution in [0.1, 0.15) is 33.6 Å². The first-order chi connectivity index (χ1) is 6.07. The summed E-state index contributed by atoms with van der Waals surface area (Å²) in [6.45, 7) is 5.73. The molecule has 0 aromatic rings. The maximum atomic E-state index is 11.2. The lowest BCUT2D eigenvalue weighted by Gasteiger charge is -2.04. The molecule has 0 saturated carbocycles. The van der Waals surface area contributed by atoms with Gasteiger partial charge in [-0.25, -0.2) is 4.79 Å². The number of hydrogen-bond donors (Lipinski definition) is 1. The molecule has 1 unspecified atom stereocenters. The average Bonchev–Trinajstić information content (AvgIpc) is 2.03. The summed E-state index contributed by atoms with van der Waals surface area (Å²) in [5, 5.41) is 8.96. The molecule has 76 valence electrons. The first-order valence-electron chi connectivity index (χ1n) is 4.61. The minimum Gasteiger partial charge on any atom is -0.462 e. The van der Waals surface area contributed by atoms with Crippen LogP contribution in [0.5, 0.6) is 0 Å². The Morgan fingerprint density at radius 1 is 1.62 bits per heavy atom. The topological polar surface area (TPSA) is 46.5 Å². The Morgan fingerprint density at radius 2 is 2.23 bits per heavy atom. The average molecular weight is 186 g/mol. The molecule has 3 nitrogen and oxygen atoms in total. The van der Waals surface area contributed by atoms with Gasteiger partial charge in [-0.15, -0.1) is 0 Å². The lowest BCUT2D eigenvalue weighted by Crippen LogP contribution is -2.09. The van der Waals surface area contributed by atoms with E-state index in [1.807, 2.05) is 6.92 Å². The van der Waals surface area contributed by atoms with E-state index in [1.165, 1.54) is 6.08 Å². The van der Waals surface area contributed by atoms with E-state index in [9.17, 15) is 4.79 Å². The molecule has 0 aliphatic rings. The second-order valence-electron chi connectivity index (χ2n) is 3.08. The number of unbranched alkanes of at least 4 members (excludes halogenated alkanes) is 1. The minimum atomic E-state index is -0.598. The SMILES string of the molecule is CCCCOC(=O)C(C)=CC(C)O. The number of aliphatic hydroxyl groups excluding tert-OH is 1. The third-order valence-electron chi connectivity index (χ3n) is 1.54. The number of rotatable bonds is 5. The summed E-state index contributed by atoms with van der Waals surface area (Å²) in [5.74, 6) is -0.339. The van der Waals surface area contributed by atoms with Crippen LogP contribution < -0.4 is 0 Å². The fourth-order valence-electron chi connectivity index (χ4n) is 0.853. The number of carbonyl (C=O) groups excluding carboxylic acids is 1. The van der Waals surface area contributed by atoms with Crippen LogP contribution >= 0.6 is 0 Å². The highest BCUT2D eigenvalue weighted by molar-refractivity contribution is 5.87. The van der Waals surface area contributed by atoms with Crippen molar-refractivity contribution in [3.63, 3.8) is 0 Å². The van der Waals surface area contributed by atoms with E-state index in [4.69, 9.17) is 9.84 Å². The quantitative estimate of drug-likeness (QED) is 0.403. The molecule has 0 amide bonds. The third-order valence-corrected chi connectivity index (χ3v) is 1.54. The molecule has 0 aliphatic heterocycles. The van der Waals surface area contributed by atoms with Gasteiger partial charge in [-0.05, 0) is 26.3 Å². The van der Waals surface area contributed by atoms with E-state index in [0.717, 1.165) is 12.8 Å². The summed E-state index contributed by atoms with van der Waals surface area (Å²) in [6.07, 6.45) is 2.77. The fourth-order valence-corrected chi connectivity index (χ4v) is 0.853. The van der Waals surface area contributed by atoms with Crippen LogP contribution in [0.25, 0.3) is 0 Å². The summed E-state index contributed by atoms with van der Waals surface area (Å²) in [4.78, 5) is 11.2. The maximum Gasteiger partial charge on any atom is 0.333 e. The van der Waals surface area contributed by atoms with Crippen molar-refractivity contribution in [2.75, 3.05) is 6.61 Å². The van der Waals surface area contributed by atoms with Crippen LogP contribution in [0.3, 0.4) is 0 Å². The molecular formula is C10H18O3. The summed E-state index contributed by atoms with van der Waals surface area (Å²) >= 11 is 0. The van der Waals surface area contributed by atoms with Crippen molar-refractivity contribution in [3.8, 4) is 0 Å². The molecule has 0 fully saturated rings. The Hall–Kier alpha value is -0.830. The zero-order valence-electron chi connectivity index (χ0n) is 8.54. The molecule has 0 aliphatic carbocycles. The first-order valence-corrected chi connectivity index (χ1v) is 4.61. The summed E-state index contributed by atoms with van der Waals surface area (Å²) in [7, 11) is 0. The molecule has 0 heterocycles. The molecule has 0 bridgehead atoms. The van der Waals surface area contributed by atoms with Gasteiger partial charge in [0.05, 0.1) is 12.7 Å². The molecule has 0 aromatic carbocycles. The summed E-state index contributed by atoms with van der Waals surface area (Å²) < 4.78 is 4.93. The minimum absolute atomic E-state index is 0.339. The molecule has 13 heavy (non-hydrogen) atoms. The molecule has 0 aromatic heterocycles. The van der Waals surface area contributed by atoms with Crippen molar-refractivity contribution >= 4 is 5.97 Å². The fraction of sp³-hybridized carbons (Fsp3) is 0.700. The van der Waals surface area contributed by atoms with Gasteiger partial charge < -0.3 is 9.84 Å². The smallest absolute Gasteiger partial charge is 0.333 e. The van der Waals surface area contributed by atoms with Crippen LogP contribution in [-0.2, 0) is 9.53 Å². The van der Waals surface area contributed by atoms with Crippen molar-refractivity contribution in [1.82, 2.24) is 0 Å². The van der Waals surface area contributed by atoms with Crippen molar-refractivity contribution in [2.24, 2.45) is 0 Å². The van der Waals surface area contributed by atoms with Crippen LogP contribution in [0, 0.1) is 0 Å². The predicted molar refractivity (Wildman–Crippen MR) is 51.3 cm³/mol. The lowest BCUT2D eigenvalue weighted by atomic mass is 10.2. The second kappa shape index (κ2) is 6.66. The van der Waals surface area contributed by atoms with Gasteiger partial charge in [-0.2, -0.15) is 0 Å². The van der Waals surface area contributed by atoms with Crippen LogP contribution in [0.4, 0.5) is 0 Å². The van der Waals surface area contributed by atoms with Gasteiger partial charge in [-0.3, -0.25) is 0 Å². The summed E-state index contributed by atoms with van der Waals surface area (Å²) in [6, 6.07) is 0. The predicted octanol–water partition coefficient (Wildman–Crippen LogP) is 1.66. The van der Waals surface area contributed by atoms with Crippen LogP contribution in [0.2, 0.25) is 0 Å². The van der Waals surface area contributed by atoms with Gasteiger partial charge in [0, 0.05) is 5.57 Å². The largest absolute Gasteiger partial charge is 0.462 e. The monoisotopic (exact) mass is 186 g/mol. The molecule has 0 spiro atoms. The van der Waals surface area contributed by atoms with E-state index in [1.54, 1.807) is 13.8 Å². The van der Waals surface area contributed by atoms with Gasteiger partial charge in [0.2, 0.25) is 0 Å². The van der Waals surface area contributed by atoms with Gasteiger partial charge in [0.15, 0.2) is 0 Å². The van der Waals surface area contributed by atoms with E-state index in [-0.39, 0.29) is 5.97 Å². The van der Waals surface area contributed by atoms with Crippen LogP contribution in [-0.4, -0.2) is 23.8 Å². The molecule has 1 N–H and O–H groups in total.